The Kier molecular flexibility index (Phi) is 3.87. The summed E-state index contributed by atoms with van der Waals surface area (Å²) in [6.07, 6.45) is 0. The molecule has 0 aromatic carbocycles. The highest BCUT2D eigenvalue weighted by molar-refractivity contribution is 7.18. The van der Waals surface area contributed by atoms with Crippen molar-refractivity contribution >= 4 is 28.1 Å². The number of aromatic nitrogens is 4. The summed E-state index contributed by atoms with van der Waals surface area (Å²) < 4.78 is 1.74. The average Bonchev–Trinajstić information content (AvgIpc) is 2.83. The fraction of sp³-hybridized carbons (Fsp3) is 0.545. The number of anilines is 1. The van der Waals surface area contributed by atoms with Crippen LogP contribution in [0.3, 0.4) is 0 Å². The molecule has 2 aromatic rings. The molecule has 0 aliphatic carbocycles. The van der Waals surface area contributed by atoms with Crippen molar-refractivity contribution in [1.29, 1.82) is 0 Å². The molecular formula is C11H16ClN5S. The Morgan fingerprint density at radius 1 is 1.39 bits per heavy atom. The van der Waals surface area contributed by atoms with E-state index in [-0.39, 0.29) is 0 Å². The molecule has 5 nitrogen and oxygen atoms in total. The first-order valence-electron chi connectivity index (χ1n) is 5.76. The van der Waals surface area contributed by atoms with Crippen LogP contribution in [0.15, 0.2) is 0 Å². The van der Waals surface area contributed by atoms with E-state index in [4.69, 9.17) is 11.6 Å². The summed E-state index contributed by atoms with van der Waals surface area (Å²) in [6.45, 7) is 7.06. The van der Waals surface area contributed by atoms with Gasteiger partial charge in [0.2, 0.25) is 5.13 Å². The maximum Gasteiger partial charge on any atom is 0.206 e. The van der Waals surface area contributed by atoms with Crippen molar-refractivity contribution in [3.63, 3.8) is 0 Å². The second kappa shape index (κ2) is 5.24. The molecule has 0 saturated carbocycles. The molecule has 0 unspecified atom stereocenters. The van der Waals surface area contributed by atoms with Gasteiger partial charge in [-0.3, -0.25) is 4.68 Å². The Hall–Kier alpha value is -1.14. The maximum atomic E-state index is 6.22. The number of aryl methyl sites for hydroxylation is 2. The zero-order chi connectivity index (χ0) is 13.3. The maximum absolute atomic E-state index is 6.22. The summed E-state index contributed by atoms with van der Waals surface area (Å²) in [6, 6.07) is 0. The van der Waals surface area contributed by atoms with E-state index in [2.05, 4.69) is 34.5 Å². The van der Waals surface area contributed by atoms with Crippen LogP contribution in [-0.2, 0) is 7.05 Å². The van der Waals surface area contributed by atoms with E-state index >= 15 is 0 Å². The number of nitrogens with one attached hydrogen (secondary N) is 1. The summed E-state index contributed by atoms with van der Waals surface area (Å²) in [7, 11) is 1.86. The van der Waals surface area contributed by atoms with Crippen LogP contribution in [-0.4, -0.2) is 26.5 Å². The van der Waals surface area contributed by atoms with E-state index < -0.39 is 0 Å². The van der Waals surface area contributed by atoms with Crippen molar-refractivity contribution in [3.8, 4) is 10.7 Å². The van der Waals surface area contributed by atoms with Gasteiger partial charge in [-0.2, -0.15) is 5.10 Å². The second-order valence-corrected chi connectivity index (χ2v) is 5.91. The minimum Gasteiger partial charge on any atom is -0.360 e. The highest BCUT2D eigenvalue weighted by Crippen LogP contribution is 2.33. The van der Waals surface area contributed by atoms with Crippen LogP contribution < -0.4 is 5.32 Å². The Morgan fingerprint density at radius 2 is 2.11 bits per heavy atom. The van der Waals surface area contributed by atoms with Gasteiger partial charge in [0.1, 0.15) is 5.69 Å². The van der Waals surface area contributed by atoms with E-state index in [1.165, 1.54) is 11.3 Å². The van der Waals surface area contributed by atoms with Gasteiger partial charge in [-0.15, -0.1) is 10.2 Å². The SMILES string of the molecule is Cc1nn(C)c(-c2nnc(NCC(C)C)s2)c1Cl. The molecule has 0 spiro atoms. The van der Waals surface area contributed by atoms with E-state index in [0.29, 0.717) is 10.9 Å². The van der Waals surface area contributed by atoms with Gasteiger partial charge >= 0.3 is 0 Å². The number of hydrogen-bond acceptors (Lipinski definition) is 5. The lowest BCUT2D eigenvalue weighted by Gasteiger charge is -2.03. The number of hydrogen-bond donors (Lipinski definition) is 1. The van der Waals surface area contributed by atoms with E-state index in [0.717, 1.165) is 28.1 Å². The molecule has 7 heteroatoms. The van der Waals surface area contributed by atoms with Crippen LogP contribution in [0.2, 0.25) is 5.02 Å². The average molecular weight is 286 g/mol. The summed E-state index contributed by atoms with van der Waals surface area (Å²) in [5, 5.41) is 18.0. The molecule has 18 heavy (non-hydrogen) atoms. The van der Waals surface area contributed by atoms with Gasteiger partial charge in [-0.1, -0.05) is 36.8 Å². The second-order valence-electron chi connectivity index (χ2n) is 4.56. The fourth-order valence-corrected chi connectivity index (χ4v) is 2.68. The lowest BCUT2D eigenvalue weighted by atomic mass is 10.2. The summed E-state index contributed by atoms with van der Waals surface area (Å²) in [5.74, 6) is 0.569. The van der Waals surface area contributed by atoms with Crippen LogP contribution in [0.25, 0.3) is 10.7 Å². The summed E-state index contributed by atoms with van der Waals surface area (Å²) >= 11 is 7.71. The zero-order valence-electron chi connectivity index (χ0n) is 10.9. The molecule has 0 aliphatic rings. The van der Waals surface area contributed by atoms with E-state index in [1.807, 2.05) is 14.0 Å². The molecule has 0 atom stereocenters. The van der Waals surface area contributed by atoms with Gasteiger partial charge in [-0.05, 0) is 12.8 Å². The summed E-state index contributed by atoms with van der Waals surface area (Å²) in [5.41, 5.74) is 1.63. The molecule has 0 aliphatic heterocycles. The lowest BCUT2D eigenvalue weighted by Crippen LogP contribution is -2.07. The molecule has 1 N–H and O–H groups in total. The Balaban J connectivity index is 2.24. The third-order valence-electron chi connectivity index (χ3n) is 2.44. The summed E-state index contributed by atoms with van der Waals surface area (Å²) in [4.78, 5) is 0. The first-order chi connectivity index (χ1) is 8.49. The molecule has 0 saturated heterocycles. The quantitative estimate of drug-likeness (QED) is 0.938. The third-order valence-corrected chi connectivity index (χ3v) is 3.78. The van der Waals surface area contributed by atoms with Crippen molar-refractivity contribution in [2.24, 2.45) is 13.0 Å². The normalized spacial score (nSPS) is 11.2. The highest BCUT2D eigenvalue weighted by atomic mass is 35.5. The standard InChI is InChI=1S/C11H16ClN5S/c1-6(2)5-13-11-15-14-10(18-11)9-8(12)7(3)16-17(9)4/h6H,5H2,1-4H3,(H,13,15). The topological polar surface area (TPSA) is 55.6 Å². The van der Waals surface area contributed by atoms with Crippen LogP contribution in [0.1, 0.15) is 19.5 Å². The predicted molar refractivity (Wildman–Crippen MR) is 75.2 cm³/mol. The van der Waals surface area contributed by atoms with Gasteiger partial charge < -0.3 is 5.32 Å². The molecule has 2 aromatic heterocycles. The molecule has 2 rings (SSSR count). The smallest absolute Gasteiger partial charge is 0.206 e. The first kappa shape index (κ1) is 13.3. The Morgan fingerprint density at radius 3 is 2.67 bits per heavy atom. The van der Waals surface area contributed by atoms with Crippen molar-refractivity contribution < 1.29 is 0 Å². The number of nitrogens with zero attached hydrogens (tertiary/aromatic N) is 4. The van der Waals surface area contributed by atoms with Gasteiger partial charge in [0.25, 0.3) is 0 Å². The van der Waals surface area contributed by atoms with Crippen LogP contribution in [0.5, 0.6) is 0 Å². The molecule has 2 heterocycles. The molecule has 0 amide bonds. The highest BCUT2D eigenvalue weighted by Gasteiger charge is 2.17. The molecule has 0 bridgehead atoms. The third kappa shape index (κ3) is 2.64. The minimum atomic E-state index is 0.569. The van der Waals surface area contributed by atoms with Gasteiger partial charge in [0, 0.05) is 13.6 Å². The van der Waals surface area contributed by atoms with Gasteiger partial charge in [-0.25, -0.2) is 0 Å². The van der Waals surface area contributed by atoms with Gasteiger partial charge in [0.05, 0.1) is 10.7 Å². The molecule has 0 radical (unpaired) electrons. The van der Waals surface area contributed by atoms with Crippen molar-refractivity contribution in [2.75, 3.05) is 11.9 Å². The minimum absolute atomic E-state index is 0.569. The van der Waals surface area contributed by atoms with Crippen molar-refractivity contribution in [3.05, 3.63) is 10.7 Å². The number of rotatable bonds is 4. The Bertz CT molecular complexity index is 546. The molecule has 98 valence electrons. The zero-order valence-corrected chi connectivity index (χ0v) is 12.4. The fourth-order valence-electron chi connectivity index (χ4n) is 1.55. The predicted octanol–water partition coefficient (Wildman–Crippen LogP) is 2.97. The molecule has 0 fully saturated rings. The van der Waals surface area contributed by atoms with Crippen molar-refractivity contribution in [1.82, 2.24) is 20.0 Å². The van der Waals surface area contributed by atoms with Gasteiger partial charge in [0.15, 0.2) is 5.01 Å². The molecular weight excluding hydrogens is 270 g/mol. The van der Waals surface area contributed by atoms with E-state index in [9.17, 15) is 0 Å². The first-order valence-corrected chi connectivity index (χ1v) is 6.95. The number of halogens is 1. The van der Waals surface area contributed by atoms with Crippen LogP contribution in [0.4, 0.5) is 5.13 Å². The van der Waals surface area contributed by atoms with Crippen LogP contribution in [0, 0.1) is 12.8 Å². The van der Waals surface area contributed by atoms with Crippen molar-refractivity contribution in [2.45, 2.75) is 20.8 Å². The monoisotopic (exact) mass is 285 g/mol. The largest absolute Gasteiger partial charge is 0.360 e. The van der Waals surface area contributed by atoms with Crippen LogP contribution >= 0.6 is 22.9 Å². The van der Waals surface area contributed by atoms with E-state index in [1.54, 1.807) is 4.68 Å². The lowest BCUT2D eigenvalue weighted by molar-refractivity contribution is 0.687. The Labute approximate surface area is 115 Å².